The molecule has 0 atom stereocenters. The molecule has 1 aromatic carbocycles. The smallest absolute Gasteiger partial charge is 0.278 e. The van der Waals surface area contributed by atoms with E-state index in [9.17, 15) is 28.3 Å². The van der Waals surface area contributed by atoms with Crippen molar-refractivity contribution in [1.82, 2.24) is 19.5 Å². The first kappa shape index (κ1) is 24.0. The van der Waals surface area contributed by atoms with Crippen LogP contribution in [0.4, 0.5) is 14.7 Å². The Morgan fingerprint density at radius 3 is 2.63 bits per heavy atom. The number of aryl methyl sites for hydroxylation is 1. The Labute approximate surface area is 198 Å². The minimum atomic E-state index is -1.03. The molecule has 3 aromatic rings. The molecule has 12 heteroatoms. The normalized spacial score (nSPS) is 13.2. The van der Waals surface area contributed by atoms with Crippen LogP contribution in [0.25, 0.3) is 0 Å². The fourth-order valence-corrected chi connectivity index (χ4v) is 3.69. The summed E-state index contributed by atoms with van der Waals surface area (Å²) in [6.45, 7) is 0.322. The number of hydrogen-bond donors (Lipinski definition) is 1. The van der Waals surface area contributed by atoms with Gasteiger partial charge in [0.15, 0.2) is 17.2 Å². The number of hydrogen-bond acceptors (Lipinski definition) is 8. The number of benzene rings is 1. The number of ketones is 1. The molecule has 0 aliphatic carbocycles. The number of carbonyl (C=O) groups is 2. The SMILES string of the molecule is COCCN1CN(c2ncccn2)n2cc(C(=O)CCc3ccc(F)cc3F)c(=O)c(O)c2C1=O. The number of anilines is 1. The molecule has 0 saturated heterocycles. The molecule has 1 aliphatic rings. The number of aromatic hydroxyl groups is 1. The van der Waals surface area contributed by atoms with E-state index in [-0.39, 0.29) is 49.9 Å². The number of nitrogens with zero attached hydrogens (tertiary/aromatic N) is 5. The highest BCUT2D eigenvalue weighted by atomic mass is 19.1. The fraction of sp³-hybridized carbons (Fsp3) is 0.261. The molecule has 0 spiro atoms. The van der Waals surface area contributed by atoms with Crippen LogP contribution >= 0.6 is 0 Å². The van der Waals surface area contributed by atoms with Crippen molar-refractivity contribution in [3.8, 4) is 5.75 Å². The van der Waals surface area contributed by atoms with E-state index < -0.39 is 40.1 Å². The molecule has 0 saturated carbocycles. The van der Waals surface area contributed by atoms with Crippen molar-refractivity contribution in [3.63, 3.8) is 0 Å². The first-order valence-corrected chi connectivity index (χ1v) is 10.6. The van der Waals surface area contributed by atoms with Crippen LogP contribution in [0.3, 0.4) is 0 Å². The van der Waals surface area contributed by atoms with Gasteiger partial charge in [-0.3, -0.25) is 14.4 Å². The molecule has 10 nitrogen and oxygen atoms in total. The lowest BCUT2D eigenvalue weighted by Crippen LogP contribution is -2.53. The van der Waals surface area contributed by atoms with E-state index in [1.807, 2.05) is 0 Å². The first-order chi connectivity index (χ1) is 16.8. The molecule has 1 aliphatic heterocycles. The average molecular weight is 485 g/mol. The van der Waals surface area contributed by atoms with Crippen LogP contribution in [0, 0.1) is 11.6 Å². The summed E-state index contributed by atoms with van der Waals surface area (Å²) < 4.78 is 33.3. The van der Waals surface area contributed by atoms with E-state index >= 15 is 0 Å². The highest BCUT2D eigenvalue weighted by molar-refractivity contribution is 6.00. The van der Waals surface area contributed by atoms with E-state index in [0.717, 1.165) is 12.3 Å². The Morgan fingerprint density at radius 1 is 1.20 bits per heavy atom. The molecule has 1 amide bonds. The van der Waals surface area contributed by atoms with Crippen LogP contribution in [0.15, 0.2) is 47.7 Å². The summed E-state index contributed by atoms with van der Waals surface area (Å²) >= 11 is 0. The summed E-state index contributed by atoms with van der Waals surface area (Å²) in [4.78, 5) is 48.5. The molecule has 2 aromatic heterocycles. The minimum absolute atomic E-state index is 0.0457. The third kappa shape index (κ3) is 4.73. The number of amides is 1. The second-order valence-corrected chi connectivity index (χ2v) is 7.72. The Bertz CT molecular complexity index is 1330. The van der Waals surface area contributed by atoms with Crippen molar-refractivity contribution in [1.29, 1.82) is 0 Å². The Kier molecular flexibility index (Phi) is 6.82. The largest absolute Gasteiger partial charge is 0.502 e. The summed E-state index contributed by atoms with van der Waals surface area (Å²) in [7, 11) is 1.47. The van der Waals surface area contributed by atoms with Crippen molar-refractivity contribution in [2.45, 2.75) is 12.8 Å². The standard InChI is InChI=1S/C23H21F2N5O5/c1-35-10-9-28-13-30(23-26-7-2-8-27-23)29-12-16(20(32)21(33)19(29)22(28)34)18(31)6-4-14-3-5-15(24)11-17(14)25/h2-3,5,7-8,11-12,33H,4,6,9-10,13H2,1H3. The first-order valence-electron chi connectivity index (χ1n) is 10.6. The Hall–Kier alpha value is -4.19. The highest BCUT2D eigenvalue weighted by Gasteiger charge is 2.35. The number of fused-ring (bicyclic) bond motifs is 1. The number of aromatic nitrogens is 3. The zero-order valence-electron chi connectivity index (χ0n) is 18.6. The van der Waals surface area contributed by atoms with Gasteiger partial charge in [0.1, 0.15) is 18.3 Å². The number of Topliss-reactive ketones (excluding diaryl/α,β-unsaturated/α-hetero) is 1. The number of pyridine rings is 1. The molecule has 35 heavy (non-hydrogen) atoms. The van der Waals surface area contributed by atoms with Gasteiger partial charge in [-0.2, -0.15) is 0 Å². The fourth-order valence-electron chi connectivity index (χ4n) is 3.69. The van der Waals surface area contributed by atoms with E-state index in [1.165, 1.54) is 40.2 Å². The summed E-state index contributed by atoms with van der Waals surface area (Å²) in [5, 5.41) is 12.1. The molecule has 3 heterocycles. The van der Waals surface area contributed by atoms with Gasteiger partial charge >= 0.3 is 0 Å². The second-order valence-electron chi connectivity index (χ2n) is 7.72. The maximum Gasteiger partial charge on any atom is 0.278 e. The third-order valence-electron chi connectivity index (χ3n) is 5.50. The molecule has 0 bridgehead atoms. The number of halogens is 2. The van der Waals surface area contributed by atoms with Crippen molar-refractivity contribution < 1.29 is 28.2 Å². The van der Waals surface area contributed by atoms with E-state index in [0.29, 0.717) is 6.07 Å². The minimum Gasteiger partial charge on any atom is -0.502 e. The van der Waals surface area contributed by atoms with Gasteiger partial charge in [-0.15, -0.1) is 0 Å². The topological polar surface area (TPSA) is 118 Å². The van der Waals surface area contributed by atoms with Crippen LogP contribution in [0.5, 0.6) is 5.75 Å². The maximum atomic E-state index is 14.0. The maximum absolute atomic E-state index is 14.0. The number of methoxy groups -OCH3 is 1. The number of rotatable bonds is 8. The molecule has 0 fully saturated rings. The van der Waals surface area contributed by atoms with E-state index in [2.05, 4.69) is 9.97 Å². The van der Waals surface area contributed by atoms with Gasteiger partial charge in [-0.25, -0.2) is 28.4 Å². The van der Waals surface area contributed by atoms with Crippen LogP contribution in [-0.4, -0.2) is 63.3 Å². The molecule has 0 unspecified atom stereocenters. The van der Waals surface area contributed by atoms with Gasteiger partial charge in [0.2, 0.25) is 11.4 Å². The highest BCUT2D eigenvalue weighted by Crippen LogP contribution is 2.25. The van der Waals surface area contributed by atoms with Crippen LogP contribution in [0.2, 0.25) is 0 Å². The second kappa shape index (κ2) is 9.97. The lowest BCUT2D eigenvalue weighted by Gasteiger charge is -2.38. The van der Waals surface area contributed by atoms with E-state index in [1.54, 1.807) is 6.07 Å². The van der Waals surface area contributed by atoms with Gasteiger partial charge in [-0.05, 0) is 24.1 Å². The zero-order chi connectivity index (χ0) is 25.1. The molecule has 182 valence electrons. The average Bonchev–Trinajstić information content (AvgIpc) is 2.85. The number of carbonyl (C=O) groups excluding carboxylic acids is 2. The predicted molar refractivity (Wildman–Crippen MR) is 119 cm³/mol. The summed E-state index contributed by atoms with van der Waals surface area (Å²) in [6, 6.07) is 4.59. The zero-order valence-corrected chi connectivity index (χ0v) is 18.6. The van der Waals surface area contributed by atoms with Crippen LogP contribution in [-0.2, 0) is 11.2 Å². The van der Waals surface area contributed by atoms with Gasteiger partial charge in [-0.1, -0.05) is 6.07 Å². The van der Waals surface area contributed by atoms with Gasteiger partial charge < -0.3 is 14.7 Å². The van der Waals surface area contributed by atoms with Crippen LogP contribution in [0.1, 0.15) is 32.8 Å². The quantitative estimate of drug-likeness (QED) is 0.480. The predicted octanol–water partition coefficient (Wildman–Crippen LogP) is 1.77. The Balaban J connectivity index is 1.73. The summed E-state index contributed by atoms with van der Waals surface area (Å²) in [5.41, 5.74) is -1.68. The summed E-state index contributed by atoms with van der Waals surface area (Å²) in [5.74, 6) is -3.64. The van der Waals surface area contributed by atoms with Gasteiger partial charge in [0.25, 0.3) is 5.91 Å². The Morgan fingerprint density at radius 2 is 1.94 bits per heavy atom. The van der Waals surface area contributed by atoms with Gasteiger partial charge in [0.05, 0.1) is 12.2 Å². The number of ether oxygens (including phenoxy) is 1. The molecule has 1 N–H and O–H groups in total. The van der Waals surface area contributed by atoms with Crippen molar-refractivity contribution >= 4 is 17.6 Å². The lowest BCUT2D eigenvalue weighted by molar-refractivity contribution is 0.0634. The molecule has 0 radical (unpaired) electrons. The van der Waals surface area contributed by atoms with E-state index in [4.69, 9.17) is 4.74 Å². The van der Waals surface area contributed by atoms with Crippen molar-refractivity contribution in [3.05, 3.63) is 81.5 Å². The molecule has 4 rings (SSSR count). The monoisotopic (exact) mass is 485 g/mol. The lowest BCUT2D eigenvalue weighted by atomic mass is 10.0. The summed E-state index contributed by atoms with van der Waals surface area (Å²) in [6.07, 6.45) is 3.71. The van der Waals surface area contributed by atoms with Crippen LogP contribution < -0.4 is 10.4 Å². The van der Waals surface area contributed by atoms with Gasteiger partial charge in [0, 0.05) is 44.7 Å². The van der Waals surface area contributed by atoms with Crippen molar-refractivity contribution in [2.24, 2.45) is 0 Å². The van der Waals surface area contributed by atoms with Crippen molar-refractivity contribution in [2.75, 3.05) is 31.9 Å². The molecular weight excluding hydrogens is 464 g/mol. The molecular formula is C23H21F2N5O5. The third-order valence-corrected chi connectivity index (χ3v) is 5.50.